The molecule has 0 radical (unpaired) electrons. The molecule has 1 aliphatic rings. The summed E-state index contributed by atoms with van der Waals surface area (Å²) in [5, 5.41) is 10.3. The first-order valence-electron chi connectivity index (χ1n) is 7.29. The number of aliphatic hydroxyl groups is 1. The summed E-state index contributed by atoms with van der Waals surface area (Å²) < 4.78 is 17.0. The van der Waals surface area contributed by atoms with E-state index in [1.54, 1.807) is 14.0 Å². The summed E-state index contributed by atoms with van der Waals surface area (Å²) in [6, 6.07) is 9.98. The molecule has 0 saturated carbocycles. The van der Waals surface area contributed by atoms with E-state index in [4.69, 9.17) is 14.2 Å². The topological polar surface area (TPSA) is 47.9 Å². The second kappa shape index (κ2) is 7.71. The van der Waals surface area contributed by atoms with Crippen molar-refractivity contribution in [2.24, 2.45) is 0 Å². The Kier molecular flexibility index (Phi) is 5.94. The number of benzene rings is 1. The second-order valence-electron chi connectivity index (χ2n) is 5.47. The molecule has 0 aromatic heterocycles. The van der Waals surface area contributed by atoms with Gasteiger partial charge in [0, 0.05) is 13.5 Å². The molecule has 1 fully saturated rings. The van der Waals surface area contributed by atoms with Gasteiger partial charge in [-0.25, -0.2) is 0 Å². The van der Waals surface area contributed by atoms with Gasteiger partial charge in [-0.05, 0) is 24.5 Å². The Morgan fingerprint density at radius 3 is 2.71 bits per heavy atom. The van der Waals surface area contributed by atoms with Crippen molar-refractivity contribution in [2.75, 3.05) is 7.11 Å². The highest BCUT2D eigenvalue weighted by Crippen LogP contribution is 2.27. The normalized spacial score (nSPS) is 27.3. The Labute approximate surface area is 126 Å². The minimum absolute atomic E-state index is 0.164. The maximum Gasteiger partial charge on any atom is 0.157 e. The van der Waals surface area contributed by atoms with Crippen molar-refractivity contribution in [2.45, 2.75) is 51.0 Å². The van der Waals surface area contributed by atoms with Crippen LogP contribution in [0.15, 0.2) is 42.5 Å². The molecule has 116 valence electrons. The third-order valence-electron chi connectivity index (χ3n) is 3.75. The molecule has 0 bridgehead atoms. The van der Waals surface area contributed by atoms with Crippen LogP contribution in [0.3, 0.4) is 0 Å². The molecule has 1 aromatic rings. The predicted octanol–water partition coefficient (Wildman–Crippen LogP) is 2.66. The first-order chi connectivity index (χ1) is 10.1. The lowest BCUT2D eigenvalue weighted by molar-refractivity contribution is -0.240. The lowest BCUT2D eigenvalue weighted by atomic mass is 9.96. The summed E-state index contributed by atoms with van der Waals surface area (Å²) in [5.41, 5.74) is 1.78. The number of aliphatic hydroxyl groups excluding tert-OH is 1. The van der Waals surface area contributed by atoms with E-state index in [1.807, 2.05) is 30.3 Å². The smallest absolute Gasteiger partial charge is 0.157 e. The maximum atomic E-state index is 10.3. The highest BCUT2D eigenvalue weighted by atomic mass is 16.7. The zero-order chi connectivity index (χ0) is 15.2. The van der Waals surface area contributed by atoms with Gasteiger partial charge in [0.2, 0.25) is 0 Å². The van der Waals surface area contributed by atoms with E-state index >= 15 is 0 Å². The van der Waals surface area contributed by atoms with Crippen LogP contribution in [0.1, 0.15) is 25.3 Å². The highest BCUT2D eigenvalue weighted by Gasteiger charge is 2.37. The van der Waals surface area contributed by atoms with Crippen LogP contribution in [0, 0.1) is 0 Å². The summed E-state index contributed by atoms with van der Waals surface area (Å²) in [6.45, 7) is 6.10. The van der Waals surface area contributed by atoms with Crippen molar-refractivity contribution in [1.82, 2.24) is 0 Å². The fraction of sp³-hybridized carbons (Fsp3) is 0.529. The second-order valence-corrected chi connectivity index (χ2v) is 5.47. The molecule has 4 nitrogen and oxygen atoms in total. The van der Waals surface area contributed by atoms with E-state index in [1.165, 1.54) is 0 Å². The van der Waals surface area contributed by atoms with Gasteiger partial charge in [0.15, 0.2) is 6.29 Å². The largest absolute Gasteiger partial charge is 0.386 e. The molecule has 0 amide bonds. The first-order valence-corrected chi connectivity index (χ1v) is 7.29. The molecular formula is C17H24O4. The quantitative estimate of drug-likeness (QED) is 0.819. The average Bonchev–Trinajstić information content (AvgIpc) is 2.53. The molecule has 1 aliphatic heterocycles. The molecule has 4 atom stereocenters. The fourth-order valence-electron chi connectivity index (χ4n) is 2.48. The molecule has 0 spiro atoms. The maximum absolute atomic E-state index is 10.3. The summed E-state index contributed by atoms with van der Waals surface area (Å²) in [4.78, 5) is 0. The molecule has 0 unspecified atom stereocenters. The van der Waals surface area contributed by atoms with E-state index in [0.717, 1.165) is 18.4 Å². The third-order valence-corrected chi connectivity index (χ3v) is 3.75. The molecule has 2 rings (SSSR count). The number of hydrogen-bond acceptors (Lipinski definition) is 4. The summed E-state index contributed by atoms with van der Waals surface area (Å²) >= 11 is 0. The van der Waals surface area contributed by atoms with Crippen LogP contribution >= 0.6 is 0 Å². The van der Waals surface area contributed by atoms with E-state index in [0.29, 0.717) is 12.2 Å². The highest BCUT2D eigenvalue weighted by molar-refractivity contribution is 5.13. The van der Waals surface area contributed by atoms with Gasteiger partial charge in [-0.1, -0.05) is 36.9 Å². The van der Waals surface area contributed by atoms with Gasteiger partial charge >= 0.3 is 0 Å². The fourth-order valence-corrected chi connectivity index (χ4v) is 2.48. The Balaban J connectivity index is 1.99. The number of hydrogen-bond donors (Lipinski definition) is 1. The standard InChI is InChI=1S/C17H24O4/c1-12(2)16(18)17-14(9-10-15(19-3)21-17)20-11-13-7-5-4-6-8-13/h4-8,14-18H,1,9-11H2,2-3H3/t14-,15-,16-,17-/m0/s1. The van der Waals surface area contributed by atoms with Crippen LogP contribution in [0.5, 0.6) is 0 Å². The summed E-state index contributed by atoms with van der Waals surface area (Å²) in [7, 11) is 1.61. The van der Waals surface area contributed by atoms with Crippen molar-refractivity contribution in [3.63, 3.8) is 0 Å². The minimum atomic E-state index is -0.747. The molecule has 1 N–H and O–H groups in total. The Morgan fingerprint density at radius 1 is 1.38 bits per heavy atom. The van der Waals surface area contributed by atoms with Crippen molar-refractivity contribution in [3.8, 4) is 0 Å². The molecule has 21 heavy (non-hydrogen) atoms. The summed E-state index contributed by atoms with van der Waals surface area (Å²) in [6.07, 6.45) is -0.0899. The van der Waals surface area contributed by atoms with Gasteiger partial charge < -0.3 is 19.3 Å². The van der Waals surface area contributed by atoms with Crippen LogP contribution < -0.4 is 0 Å². The SMILES string of the molecule is C=C(C)[C@H](O)[C@H]1O[C@H](OC)CC[C@@H]1OCc1ccccc1. The van der Waals surface area contributed by atoms with Crippen LogP contribution in [-0.4, -0.2) is 36.8 Å². The molecule has 1 heterocycles. The minimum Gasteiger partial charge on any atom is -0.386 e. The zero-order valence-electron chi connectivity index (χ0n) is 12.7. The molecule has 4 heteroatoms. The van der Waals surface area contributed by atoms with Gasteiger partial charge in [0.05, 0.1) is 12.7 Å². The monoisotopic (exact) mass is 292 g/mol. The van der Waals surface area contributed by atoms with E-state index in [9.17, 15) is 5.11 Å². The van der Waals surface area contributed by atoms with Crippen molar-refractivity contribution in [3.05, 3.63) is 48.0 Å². The molecule has 0 aliphatic carbocycles. The van der Waals surface area contributed by atoms with Gasteiger partial charge in [-0.15, -0.1) is 0 Å². The molecular weight excluding hydrogens is 268 g/mol. The third kappa shape index (κ3) is 4.38. The molecule has 1 aromatic carbocycles. The number of rotatable bonds is 6. The van der Waals surface area contributed by atoms with E-state index < -0.39 is 12.2 Å². The molecule has 1 saturated heterocycles. The van der Waals surface area contributed by atoms with Crippen molar-refractivity contribution < 1.29 is 19.3 Å². The van der Waals surface area contributed by atoms with Gasteiger partial charge in [0.25, 0.3) is 0 Å². The zero-order valence-corrected chi connectivity index (χ0v) is 12.7. The van der Waals surface area contributed by atoms with Crippen molar-refractivity contribution >= 4 is 0 Å². The number of ether oxygens (including phenoxy) is 3. The van der Waals surface area contributed by atoms with Crippen molar-refractivity contribution in [1.29, 1.82) is 0 Å². The first kappa shape index (κ1) is 16.2. The lowest BCUT2D eigenvalue weighted by Gasteiger charge is -2.38. The summed E-state index contributed by atoms with van der Waals surface area (Å²) in [5.74, 6) is 0. The van der Waals surface area contributed by atoms with E-state index in [2.05, 4.69) is 6.58 Å². The Bertz CT molecular complexity index is 445. The predicted molar refractivity (Wildman–Crippen MR) is 80.7 cm³/mol. The lowest BCUT2D eigenvalue weighted by Crippen LogP contribution is -2.48. The van der Waals surface area contributed by atoms with Crippen LogP contribution in [-0.2, 0) is 20.8 Å². The van der Waals surface area contributed by atoms with Crippen LogP contribution in [0.2, 0.25) is 0 Å². The van der Waals surface area contributed by atoms with Gasteiger partial charge in [-0.3, -0.25) is 0 Å². The number of methoxy groups -OCH3 is 1. The van der Waals surface area contributed by atoms with Gasteiger partial charge in [0.1, 0.15) is 12.2 Å². The van der Waals surface area contributed by atoms with Crippen LogP contribution in [0.4, 0.5) is 0 Å². The van der Waals surface area contributed by atoms with Crippen LogP contribution in [0.25, 0.3) is 0 Å². The Hall–Kier alpha value is -1.20. The Morgan fingerprint density at radius 2 is 2.10 bits per heavy atom. The average molecular weight is 292 g/mol. The van der Waals surface area contributed by atoms with Gasteiger partial charge in [-0.2, -0.15) is 0 Å². The van der Waals surface area contributed by atoms with E-state index in [-0.39, 0.29) is 12.4 Å².